The summed E-state index contributed by atoms with van der Waals surface area (Å²) in [6.07, 6.45) is -9.17. The van der Waals surface area contributed by atoms with Crippen molar-refractivity contribution in [2.45, 2.75) is 218 Å². The van der Waals surface area contributed by atoms with E-state index in [1.165, 1.54) is 44.2 Å². The predicted molar refractivity (Wildman–Crippen MR) is 340 cm³/mol. The summed E-state index contributed by atoms with van der Waals surface area (Å²) in [7, 11) is 0. The Bertz CT molecular complexity index is 2900. The molecular weight excluding hydrogens is 1250 g/mol. The highest BCUT2D eigenvalue weighted by molar-refractivity contribution is 6.01. The number of carbonyl (C=O) groups is 13. The Morgan fingerprint density at radius 1 is 0.705 bits per heavy atom. The van der Waals surface area contributed by atoms with Crippen molar-refractivity contribution >= 4 is 83.0 Å². The average Bonchev–Trinajstić information content (AvgIpc) is 1.68. The molecule has 1 saturated carbocycles. The van der Waals surface area contributed by atoms with Gasteiger partial charge >= 0.3 is 12.1 Å². The molecule has 0 bridgehead atoms. The molecule has 14 atom stereocenters. The number of nitrogens with zero attached hydrogens (tertiary/aromatic N) is 1. The van der Waals surface area contributed by atoms with Gasteiger partial charge in [0.25, 0.3) is 0 Å². The average molecular weight is 1350 g/mol. The standard InChI is InChI=1S/C61H99N15O19/c1-13-31(8)39-52(87)73-40(32(9)78)51(86)66-26-38(79)71-42(45(81)47(62)82)54(89)69-37(27-77)56(91)94-46(33-18-15-14-16-19-33)43(75-50(85)36(25-29(4)5)70-57(92)61(21-22-61)76-59(93)95-60(10,11)12)55(90)74-41(44(80)30(6)7)53(88)68-35(24-28(2)3)49(84)67-34(48(83)72-39)20-17-23-65-58(63)64/h14-16,18-19,28-32,34-37,39-46,77-78,80-81H,13,17,20-27H2,1-12H3,(H2,62,82)(H,66,86)(H,67,84)(H,68,88)(H,69,89)(H,70,92)(H,71,79)(H,72,83)(H,73,87)(H,74,90)(H,75,85)(H,76,93)(H4,63,64,65)/t31-,32-,34+,35-,36-,37-,39-,40-,41-,42-,43-,44+,45-,46+/m0/s1. The lowest BCUT2D eigenvalue weighted by atomic mass is 9.95. The Morgan fingerprint density at radius 3 is 1.79 bits per heavy atom. The molecule has 95 heavy (non-hydrogen) atoms. The van der Waals surface area contributed by atoms with E-state index in [9.17, 15) is 73.2 Å². The molecule has 34 heteroatoms. The van der Waals surface area contributed by atoms with E-state index in [-0.39, 0.29) is 68.9 Å². The lowest BCUT2D eigenvalue weighted by molar-refractivity contribution is -0.159. The van der Waals surface area contributed by atoms with Crippen molar-refractivity contribution < 1.29 is 92.2 Å². The maximum absolute atomic E-state index is 15.5. The normalized spacial score (nSPS) is 24.8. The van der Waals surface area contributed by atoms with Gasteiger partial charge in [-0.1, -0.05) is 92.1 Å². The third-order valence-electron chi connectivity index (χ3n) is 15.3. The van der Waals surface area contributed by atoms with Crippen LogP contribution in [0.1, 0.15) is 140 Å². The lowest BCUT2D eigenvalue weighted by Crippen LogP contribution is -2.64. The SMILES string of the molecule is CC[C@H](C)[C@@H]1NC(=O)[C@@H](CCCN=C(N)N)NC(=O)[C@H](CC(C)C)NC(=O)[C@H]([C@H](O)C(C)C)NC(=O)[C@@H](NC(=O)[C@H](CC(C)C)NC(=O)C2(NC(=O)OC(C)(C)C)CC2)[C@@H](c2ccccc2)OC(=O)[C@H](CO)NC(=O)[C@H]([C@H](O)C(N)=O)NC(=O)CNC(=O)[C@H]([C@H](C)O)NC1=O. The number of ether oxygens (including phenoxy) is 2. The lowest BCUT2D eigenvalue weighted by Gasteiger charge is -2.34. The number of nitrogens with one attached hydrogen (secondary N) is 11. The van der Waals surface area contributed by atoms with Crippen molar-refractivity contribution in [3.8, 4) is 0 Å². The minimum absolute atomic E-state index is 0.0332. The fourth-order valence-electron chi connectivity index (χ4n) is 9.68. The number of carbonyl (C=O) groups excluding carboxylic acids is 13. The van der Waals surface area contributed by atoms with Gasteiger partial charge in [0.05, 0.1) is 25.4 Å². The largest absolute Gasteiger partial charge is 0.453 e. The highest BCUT2D eigenvalue weighted by Crippen LogP contribution is 2.36. The molecule has 1 saturated heterocycles. The van der Waals surface area contributed by atoms with Gasteiger partial charge in [-0.15, -0.1) is 0 Å². The molecule has 2 aliphatic rings. The number of benzene rings is 1. The number of hydrogen-bond acceptors (Lipinski definition) is 20. The van der Waals surface area contributed by atoms with Gasteiger partial charge in [0, 0.05) is 6.54 Å². The van der Waals surface area contributed by atoms with Crippen LogP contribution in [0.4, 0.5) is 4.79 Å². The van der Waals surface area contributed by atoms with E-state index in [1.807, 2.05) is 10.6 Å². The number of primary amides is 1. The van der Waals surface area contributed by atoms with Crippen molar-refractivity contribution in [1.82, 2.24) is 58.5 Å². The van der Waals surface area contributed by atoms with Gasteiger partial charge in [-0.25, -0.2) is 9.59 Å². The molecule has 1 aliphatic heterocycles. The van der Waals surface area contributed by atoms with Crippen molar-refractivity contribution in [1.29, 1.82) is 0 Å². The third-order valence-corrected chi connectivity index (χ3v) is 15.3. The molecule has 0 unspecified atom stereocenters. The number of nitrogens with two attached hydrogens (primary N) is 3. The first kappa shape index (κ1) is 80.5. The zero-order valence-electron chi connectivity index (χ0n) is 55.9. The van der Waals surface area contributed by atoms with E-state index in [1.54, 1.807) is 62.3 Å². The number of guanidine groups is 1. The van der Waals surface area contributed by atoms with Crippen LogP contribution in [-0.4, -0.2) is 207 Å². The second-order valence-electron chi connectivity index (χ2n) is 26.0. The minimum atomic E-state index is -2.59. The number of alkyl carbamates (subject to hydrolysis) is 1. The molecule has 21 N–H and O–H groups in total. The van der Waals surface area contributed by atoms with Crippen LogP contribution >= 0.6 is 0 Å². The zero-order chi connectivity index (χ0) is 72.0. The Labute approximate surface area is 551 Å². The molecule has 1 aliphatic carbocycles. The molecule has 2 fully saturated rings. The zero-order valence-corrected chi connectivity index (χ0v) is 55.9. The van der Waals surface area contributed by atoms with Crippen molar-refractivity contribution in [2.24, 2.45) is 45.9 Å². The number of aliphatic hydroxyl groups excluding tert-OH is 4. The first-order chi connectivity index (χ1) is 44.3. The third kappa shape index (κ3) is 25.5. The van der Waals surface area contributed by atoms with E-state index < -0.39 is 198 Å². The second-order valence-corrected chi connectivity index (χ2v) is 26.0. The molecule has 1 aromatic carbocycles. The summed E-state index contributed by atoms with van der Waals surface area (Å²) in [5.74, 6) is -17.6. The fraction of sp³-hybridized carbons (Fsp3) is 0.672. The van der Waals surface area contributed by atoms with Crippen LogP contribution in [-0.2, 0) is 67.0 Å². The van der Waals surface area contributed by atoms with Gasteiger partial charge in [0.2, 0.25) is 65.0 Å². The van der Waals surface area contributed by atoms with E-state index in [0.717, 1.165) is 6.92 Å². The number of amides is 12. The molecule has 34 nitrogen and oxygen atoms in total. The van der Waals surface area contributed by atoms with Crippen molar-refractivity contribution in [3.63, 3.8) is 0 Å². The maximum Gasteiger partial charge on any atom is 0.408 e. The number of cyclic esters (lactones) is 1. The van der Waals surface area contributed by atoms with Crippen LogP contribution in [0.15, 0.2) is 35.3 Å². The Morgan fingerprint density at radius 2 is 1.26 bits per heavy atom. The first-order valence-corrected chi connectivity index (χ1v) is 31.5. The van der Waals surface area contributed by atoms with Gasteiger partial charge in [-0.05, 0) is 95.5 Å². The second kappa shape index (κ2) is 36.8. The minimum Gasteiger partial charge on any atom is -0.453 e. The molecule has 0 radical (unpaired) electrons. The summed E-state index contributed by atoms with van der Waals surface area (Å²) < 4.78 is 11.3. The Balaban J connectivity index is 2.41. The van der Waals surface area contributed by atoms with Gasteiger partial charge in [-0.3, -0.25) is 57.7 Å². The van der Waals surface area contributed by atoms with Crippen LogP contribution in [0.5, 0.6) is 0 Å². The highest BCUT2D eigenvalue weighted by atomic mass is 16.6. The number of rotatable bonds is 22. The first-order valence-electron chi connectivity index (χ1n) is 31.5. The number of hydrogen-bond donors (Lipinski definition) is 18. The summed E-state index contributed by atoms with van der Waals surface area (Å²) in [6, 6.07) is -10.0. The molecule has 0 spiro atoms. The van der Waals surface area contributed by atoms with E-state index >= 15 is 9.59 Å². The monoisotopic (exact) mass is 1350 g/mol. The fourth-order valence-corrected chi connectivity index (χ4v) is 9.68. The van der Waals surface area contributed by atoms with Crippen LogP contribution in [0.25, 0.3) is 0 Å². The smallest absolute Gasteiger partial charge is 0.408 e. The Kier molecular flexibility index (Phi) is 31.2. The van der Waals surface area contributed by atoms with Gasteiger partial charge in [0.15, 0.2) is 24.2 Å². The van der Waals surface area contributed by atoms with Gasteiger partial charge in [-0.2, -0.15) is 0 Å². The molecule has 12 amide bonds. The molecule has 3 rings (SSSR count). The molecular formula is C61H99N15O19. The number of aliphatic hydroxyl groups is 4. The summed E-state index contributed by atoms with van der Waals surface area (Å²) >= 11 is 0. The van der Waals surface area contributed by atoms with E-state index in [0.29, 0.717) is 0 Å². The number of esters is 1. The quantitative estimate of drug-likeness (QED) is 0.0224. The number of aliphatic imine (C=N–C) groups is 1. The summed E-state index contributed by atoms with van der Waals surface area (Å²) in [5, 5.41) is 70.8. The van der Waals surface area contributed by atoms with Crippen LogP contribution in [0.3, 0.4) is 0 Å². The summed E-state index contributed by atoms with van der Waals surface area (Å²) in [6.45, 7) is 16.4. The molecule has 0 aromatic heterocycles. The van der Waals surface area contributed by atoms with Crippen LogP contribution < -0.4 is 75.7 Å². The van der Waals surface area contributed by atoms with Crippen LogP contribution in [0.2, 0.25) is 0 Å². The van der Waals surface area contributed by atoms with Gasteiger partial charge in [0.1, 0.15) is 59.5 Å². The van der Waals surface area contributed by atoms with Crippen molar-refractivity contribution in [3.05, 3.63) is 35.9 Å². The van der Waals surface area contributed by atoms with E-state index in [4.69, 9.17) is 26.7 Å². The molecule has 532 valence electrons. The predicted octanol–water partition coefficient (Wildman–Crippen LogP) is -4.75. The van der Waals surface area contributed by atoms with E-state index in [2.05, 4.69) is 52.8 Å². The highest BCUT2D eigenvalue weighted by Gasteiger charge is 2.53. The molecule has 1 heterocycles. The topological polar surface area (TPSA) is 544 Å². The summed E-state index contributed by atoms with van der Waals surface area (Å²) in [4.78, 5) is 188. The van der Waals surface area contributed by atoms with Crippen molar-refractivity contribution in [2.75, 3.05) is 19.7 Å². The Hall–Kier alpha value is -8.76. The molecule has 1 aromatic rings. The van der Waals surface area contributed by atoms with Crippen LogP contribution in [0, 0.1) is 23.7 Å². The maximum atomic E-state index is 15.5. The van der Waals surface area contributed by atoms with Gasteiger partial charge < -0.3 is 106 Å². The summed E-state index contributed by atoms with van der Waals surface area (Å²) in [5.41, 5.74) is 13.9.